The highest BCUT2D eigenvalue weighted by molar-refractivity contribution is 9.10. The number of halogens is 1. The Kier molecular flexibility index (Phi) is 5.50. The largest absolute Gasteiger partial charge is 0.465 e. The highest BCUT2D eigenvalue weighted by atomic mass is 79.9. The molecule has 29 heavy (non-hydrogen) atoms. The zero-order chi connectivity index (χ0) is 20.4. The Labute approximate surface area is 178 Å². The molecule has 146 valence electrons. The first kappa shape index (κ1) is 19.4. The van der Waals surface area contributed by atoms with E-state index in [-0.39, 0.29) is 11.7 Å². The minimum absolute atomic E-state index is 0.345. The maximum absolute atomic E-state index is 12.4. The Hall–Kier alpha value is -2.91. The summed E-state index contributed by atoms with van der Waals surface area (Å²) in [5.41, 5.74) is 3.35. The number of carbonyl (C=O) groups excluding carboxylic acids is 1. The molecule has 0 aliphatic carbocycles. The van der Waals surface area contributed by atoms with Gasteiger partial charge in [0.25, 0.3) is 0 Å². The van der Waals surface area contributed by atoms with Crippen LogP contribution in [0.1, 0.15) is 15.9 Å². The third-order valence-corrected chi connectivity index (χ3v) is 5.74. The van der Waals surface area contributed by atoms with Crippen molar-refractivity contribution in [2.45, 2.75) is 10.9 Å². The van der Waals surface area contributed by atoms with E-state index in [9.17, 15) is 9.59 Å². The quantitative estimate of drug-likeness (QED) is 0.351. The number of hydrogen-bond acceptors (Lipinski definition) is 6. The van der Waals surface area contributed by atoms with Crippen LogP contribution in [0, 0.1) is 0 Å². The molecule has 0 saturated heterocycles. The van der Waals surface area contributed by atoms with Crippen molar-refractivity contribution in [3.8, 4) is 11.1 Å². The number of aromatic amines is 1. The Morgan fingerprint density at radius 1 is 1.17 bits per heavy atom. The van der Waals surface area contributed by atoms with Crippen LogP contribution in [-0.2, 0) is 10.5 Å². The molecule has 0 aliphatic heterocycles. The number of benzene rings is 2. The molecular weight excluding hydrogens is 456 g/mol. The van der Waals surface area contributed by atoms with E-state index in [4.69, 9.17) is 4.74 Å². The summed E-state index contributed by atoms with van der Waals surface area (Å²) < 4.78 is 6.93. The van der Waals surface area contributed by atoms with Crippen LogP contribution in [0.5, 0.6) is 0 Å². The molecule has 0 aliphatic rings. The van der Waals surface area contributed by atoms with Crippen molar-refractivity contribution in [3.05, 3.63) is 80.8 Å². The van der Waals surface area contributed by atoms with Gasteiger partial charge in [0, 0.05) is 15.8 Å². The molecule has 2 aromatic carbocycles. The lowest BCUT2D eigenvalue weighted by Gasteiger charge is -2.04. The molecule has 0 bridgehead atoms. The van der Waals surface area contributed by atoms with Crippen molar-refractivity contribution < 1.29 is 9.53 Å². The van der Waals surface area contributed by atoms with Gasteiger partial charge in [0.15, 0.2) is 10.8 Å². The fourth-order valence-corrected chi connectivity index (χ4v) is 3.85. The molecule has 0 atom stereocenters. The van der Waals surface area contributed by atoms with E-state index < -0.39 is 0 Å². The lowest BCUT2D eigenvalue weighted by Crippen LogP contribution is -2.19. The third kappa shape index (κ3) is 4.10. The first-order chi connectivity index (χ1) is 14.0. The maximum atomic E-state index is 12.4. The van der Waals surface area contributed by atoms with Crippen LogP contribution >= 0.6 is 27.7 Å². The van der Waals surface area contributed by atoms with E-state index in [0.717, 1.165) is 21.2 Å². The number of nitrogens with zero attached hydrogens (tertiary/aromatic N) is 3. The summed E-state index contributed by atoms with van der Waals surface area (Å²) in [7, 11) is 1.35. The zero-order valence-electron chi connectivity index (χ0n) is 15.3. The molecule has 0 unspecified atom stereocenters. The van der Waals surface area contributed by atoms with Crippen molar-refractivity contribution in [1.29, 1.82) is 0 Å². The summed E-state index contributed by atoms with van der Waals surface area (Å²) in [6.07, 6.45) is 1.64. The number of methoxy groups -OCH3 is 1. The number of ether oxygens (including phenoxy) is 1. The van der Waals surface area contributed by atoms with Crippen LogP contribution in [-0.4, -0.2) is 32.7 Å². The molecule has 2 aromatic heterocycles. The minimum atomic E-state index is -0.373. The number of fused-ring (bicyclic) bond motifs is 1. The van der Waals surface area contributed by atoms with Crippen LogP contribution in [0.25, 0.3) is 16.8 Å². The van der Waals surface area contributed by atoms with Crippen molar-refractivity contribution in [2.75, 3.05) is 7.11 Å². The second-order valence-electron chi connectivity index (χ2n) is 6.12. The highest BCUT2D eigenvalue weighted by Gasteiger charge is 2.13. The first-order valence-electron chi connectivity index (χ1n) is 8.59. The second kappa shape index (κ2) is 8.22. The number of aromatic nitrogens is 4. The van der Waals surface area contributed by atoms with E-state index in [0.29, 0.717) is 22.1 Å². The second-order valence-corrected chi connectivity index (χ2v) is 8.00. The average Bonchev–Trinajstić information content (AvgIpc) is 3.17. The van der Waals surface area contributed by atoms with Gasteiger partial charge < -0.3 is 4.74 Å². The molecule has 0 amide bonds. The van der Waals surface area contributed by atoms with Gasteiger partial charge in [-0.2, -0.15) is 9.61 Å². The van der Waals surface area contributed by atoms with Gasteiger partial charge in [-0.25, -0.2) is 14.6 Å². The van der Waals surface area contributed by atoms with Gasteiger partial charge >= 0.3 is 11.7 Å². The van der Waals surface area contributed by atoms with Gasteiger partial charge in [0.1, 0.15) is 0 Å². The Morgan fingerprint density at radius 3 is 2.59 bits per heavy atom. The van der Waals surface area contributed by atoms with Gasteiger partial charge in [-0.05, 0) is 35.4 Å². The number of nitrogens with one attached hydrogen (secondary N) is 1. The number of rotatable bonds is 5. The molecule has 0 saturated carbocycles. The standard InChI is InChI=1S/C20H15BrN4O3S/c1-28-18(26)14-4-2-12(3-5-14)11-29-19-23-17-16(10-22-25(17)20(27)24-19)13-6-8-15(21)9-7-13/h2-10H,11H2,1H3,(H,23,24,27). The smallest absolute Gasteiger partial charge is 0.350 e. The molecule has 0 spiro atoms. The molecule has 1 N–H and O–H groups in total. The Morgan fingerprint density at radius 2 is 1.90 bits per heavy atom. The summed E-state index contributed by atoms with van der Waals surface area (Å²) in [5.74, 6) is 0.212. The molecule has 4 aromatic rings. The van der Waals surface area contributed by atoms with E-state index in [1.54, 1.807) is 18.3 Å². The molecule has 9 heteroatoms. The van der Waals surface area contributed by atoms with Crippen molar-refractivity contribution in [2.24, 2.45) is 0 Å². The number of hydrogen-bond donors (Lipinski definition) is 1. The number of thioether (sulfide) groups is 1. The lowest BCUT2D eigenvalue weighted by atomic mass is 10.1. The van der Waals surface area contributed by atoms with E-state index in [1.165, 1.54) is 23.4 Å². The Bertz CT molecular complexity index is 1230. The van der Waals surface area contributed by atoms with Gasteiger partial charge in [0.2, 0.25) is 0 Å². The maximum Gasteiger partial charge on any atom is 0.350 e. The summed E-state index contributed by atoms with van der Waals surface area (Å²) in [6, 6.07) is 14.9. The molecule has 2 heterocycles. The van der Waals surface area contributed by atoms with Crippen LogP contribution in [0.4, 0.5) is 0 Å². The summed E-state index contributed by atoms with van der Waals surface area (Å²) >= 11 is 4.82. The average molecular weight is 471 g/mol. The van der Waals surface area contributed by atoms with E-state index >= 15 is 0 Å². The summed E-state index contributed by atoms with van der Waals surface area (Å²) in [6.45, 7) is 0. The lowest BCUT2D eigenvalue weighted by molar-refractivity contribution is 0.0600. The molecule has 7 nitrogen and oxygen atoms in total. The van der Waals surface area contributed by atoms with Crippen molar-refractivity contribution in [1.82, 2.24) is 19.6 Å². The topological polar surface area (TPSA) is 89.3 Å². The fraction of sp³-hybridized carbons (Fsp3) is 0.100. The highest BCUT2D eigenvalue weighted by Crippen LogP contribution is 2.26. The normalized spacial score (nSPS) is 11.0. The van der Waals surface area contributed by atoms with Crippen LogP contribution in [0.3, 0.4) is 0 Å². The molecule has 0 fully saturated rings. The Balaban J connectivity index is 1.59. The van der Waals surface area contributed by atoms with Crippen LogP contribution < -0.4 is 5.69 Å². The first-order valence-corrected chi connectivity index (χ1v) is 10.4. The molecular formula is C20H15BrN4O3S. The predicted molar refractivity (Wildman–Crippen MR) is 114 cm³/mol. The van der Waals surface area contributed by atoms with Gasteiger partial charge in [-0.15, -0.1) is 0 Å². The van der Waals surface area contributed by atoms with Crippen molar-refractivity contribution in [3.63, 3.8) is 0 Å². The van der Waals surface area contributed by atoms with Gasteiger partial charge in [0.05, 0.1) is 18.9 Å². The third-order valence-electron chi connectivity index (χ3n) is 4.26. The number of esters is 1. The van der Waals surface area contributed by atoms with Gasteiger partial charge in [-0.1, -0.05) is 52.0 Å². The summed E-state index contributed by atoms with van der Waals surface area (Å²) in [4.78, 5) is 31.3. The monoisotopic (exact) mass is 470 g/mol. The number of H-pyrrole nitrogens is 1. The van der Waals surface area contributed by atoms with E-state index in [2.05, 4.69) is 31.0 Å². The molecule has 0 radical (unpaired) electrons. The van der Waals surface area contributed by atoms with Gasteiger partial charge in [-0.3, -0.25) is 4.98 Å². The summed E-state index contributed by atoms with van der Waals surface area (Å²) in [5, 5.41) is 4.65. The van der Waals surface area contributed by atoms with Crippen LogP contribution in [0.15, 0.2) is 69.2 Å². The molecule has 4 rings (SSSR count). The SMILES string of the molecule is COC(=O)c1ccc(CSc2nc3c(-c4ccc(Br)cc4)cnn3c(=O)[nH]2)cc1. The van der Waals surface area contributed by atoms with E-state index in [1.807, 2.05) is 36.4 Å². The number of carbonyl (C=O) groups is 1. The fourth-order valence-electron chi connectivity index (χ4n) is 2.77. The van der Waals surface area contributed by atoms with Crippen LogP contribution in [0.2, 0.25) is 0 Å². The minimum Gasteiger partial charge on any atom is -0.465 e. The predicted octanol–water partition coefficient (Wildman–Crippen LogP) is 3.93. The zero-order valence-corrected chi connectivity index (χ0v) is 17.7. The van der Waals surface area contributed by atoms with Crippen molar-refractivity contribution >= 4 is 39.3 Å².